The molecule has 0 atom stereocenters. The van der Waals surface area contributed by atoms with Gasteiger partial charge < -0.3 is 9.64 Å². The number of carbonyl (C=O) groups is 1. The number of amides is 1. The molecule has 2 heterocycles. The number of hydrogen-bond acceptors (Lipinski definition) is 5. The van der Waals surface area contributed by atoms with Crippen LogP contribution in [0.15, 0.2) is 18.3 Å². The Morgan fingerprint density at radius 2 is 2.00 bits per heavy atom. The molecule has 1 aromatic heterocycles. The van der Waals surface area contributed by atoms with Gasteiger partial charge in [0.1, 0.15) is 6.10 Å². The summed E-state index contributed by atoms with van der Waals surface area (Å²) in [7, 11) is -1.82. The summed E-state index contributed by atoms with van der Waals surface area (Å²) in [6.07, 6.45) is 5.75. The highest BCUT2D eigenvalue weighted by Crippen LogP contribution is 2.21. The number of anilines is 1. The molecule has 1 amide bonds. The molecule has 1 aromatic rings. The molecule has 0 radical (unpaired) electrons. The van der Waals surface area contributed by atoms with Gasteiger partial charge in [0, 0.05) is 45.5 Å². The minimum atomic E-state index is -3.31. The zero-order chi connectivity index (χ0) is 19.3. The van der Waals surface area contributed by atoms with Crippen LogP contribution in [-0.2, 0) is 14.8 Å². The number of ether oxygens (including phenoxy) is 1. The molecule has 7 nitrogen and oxygen atoms in total. The maximum atomic E-state index is 12.2. The summed E-state index contributed by atoms with van der Waals surface area (Å²) < 4.78 is 30.1. The molecule has 2 rings (SSSR count). The maximum Gasteiger partial charge on any atom is 0.232 e. The molecule has 26 heavy (non-hydrogen) atoms. The van der Waals surface area contributed by atoms with Crippen LogP contribution in [0, 0.1) is 5.92 Å². The zero-order valence-electron chi connectivity index (χ0n) is 16.0. The van der Waals surface area contributed by atoms with Crippen LogP contribution in [0.2, 0.25) is 0 Å². The minimum Gasteiger partial charge on any atom is -0.474 e. The van der Waals surface area contributed by atoms with E-state index in [0.717, 1.165) is 25.5 Å². The standard InChI is InChI=1S/C18H29N3O4S/c1-14(2)5-8-18(22)21-11-9-16(10-12-21)25-17-7-6-15(13-19-17)20(3)26(4,23)24/h6-7,13-14,16H,5,8-12H2,1-4H3. The number of carbonyl (C=O) groups excluding carboxylic acids is 1. The van der Waals surface area contributed by atoms with E-state index in [0.29, 0.717) is 37.0 Å². The van der Waals surface area contributed by atoms with Gasteiger partial charge >= 0.3 is 0 Å². The Kier molecular flexibility index (Phi) is 6.86. The van der Waals surface area contributed by atoms with E-state index in [4.69, 9.17) is 4.74 Å². The lowest BCUT2D eigenvalue weighted by molar-refractivity contribution is -0.133. The first-order valence-electron chi connectivity index (χ1n) is 9.01. The Morgan fingerprint density at radius 3 is 2.50 bits per heavy atom. The van der Waals surface area contributed by atoms with Crippen molar-refractivity contribution >= 4 is 21.6 Å². The van der Waals surface area contributed by atoms with Crippen LogP contribution >= 0.6 is 0 Å². The van der Waals surface area contributed by atoms with E-state index in [1.165, 1.54) is 17.5 Å². The van der Waals surface area contributed by atoms with Gasteiger partial charge in [-0.1, -0.05) is 13.8 Å². The summed E-state index contributed by atoms with van der Waals surface area (Å²) in [5, 5.41) is 0. The predicted octanol–water partition coefficient (Wildman–Crippen LogP) is 2.28. The summed E-state index contributed by atoms with van der Waals surface area (Å²) in [6, 6.07) is 3.35. The van der Waals surface area contributed by atoms with Gasteiger partial charge in [-0.05, 0) is 18.4 Å². The van der Waals surface area contributed by atoms with Crippen molar-refractivity contribution in [3.8, 4) is 5.88 Å². The molecule has 1 fully saturated rings. The van der Waals surface area contributed by atoms with Crippen LogP contribution in [0.5, 0.6) is 5.88 Å². The SMILES string of the molecule is CC(C)CCC(=O)N1CCC(Oc2ccc(N(C)S(C)(=O)=O)cn2)CC1. The Bertz CT molecular complexity index is 696. The molecule has 1 saturated heterocycles. The van der Waals surface area contributed by atoms with Crippen molar-refractivity contribution < 1.29 is 17.9 Å². The van der Waals surface area contributed by atoms with Crippen molar-refractivity contribution in [2.45, 2.75) is 45.6 Å². The van der Waals surface area contributed by atoms with Crippen LogP contribution in [-0.4, -0.2) is 56.7 Å². The molecule has 0 bridgehead atoms. The van der Waals surface area contributed by atoms with Gasteiger partial charge in [0.15, 0.2) is 0 Å². The Hall–Kier alpha value is -1.83. The monoisotopic (exact) mass is 383 g/mol. The fourth-order valence-corrected chi connectivity index (χ4v) is 3.27. The van der Waals surface area contributed by atoms with Gasteiger partial charge in [-0.25, -0.2) is 13.4 Å². The van der Waals surface area contributed by atoms with Crippen LogP contribution < -0.4 is 9.04 Å². The molecular weight excluding hydrogens is 354 g/mol. The van der Waals surface area contributed by atoms with Crippen molar-refractivity contribution in [2.24, 2.45) is 5.92 Å². The van der Waals surface area contributed by atoms with E-state index in [9.17, 15) is 13.2 Å². The lowest BCUT2D eigenvalue weighted by Crippen LogP contribution is -2.41. The molecule has 0 unspecified atom stereocenters. The van der Waals surface area contributed by atoms with E-state index in [1.807, 2.05) is 4.90 Å². The van der Waals surface area contributed by atoms with Crippen molar-refractivity contribution in [1.82, 2.24) is 9.88 Å². The summed E-state index contributed by atoms with van der Waals surface area (Å²) in [5.74, 6) is 1.24. The largest absolute Gasteiger partial charge is 0.474 e. The van der Waals surface area contributed by atoms with Crippen molar-refractivity contribution in [2.75, 3.05) is 30.7 Å². The molecular formula is C18H29N3O4S. The number of hydrogen-bond donors (Lipinski definition) is 0. The normalized spacial score (nSPS) is 16.0. The average molecular weight is 384 g/mol. The van der Waals surface area contributed by atoms with Crippen molar-refractivity contribution in [3.05, 3.63) is 18.3 Å². The molecule has 0 aliphatic carbocycles. The highest BCUT2D eigenvalue weighted by molar-refractivity contribution is 7.92. The van der Waals surface area contributed by atoms with Crippen LogP contribution in [0.25, 0.3) is 0 Å². The van der Waals surface area contributed by atoms with Gasteiger partial charge in [0.05, 0.1) is 18.1 Å². The molecule has 0 N–H and O–H groups in total. The second-order valence-corrected chi connectivity index (χ2v) is 9.23. The Labute approximate surface area is 156 Å². The van der Waals surface area contributed by atoms with Gasteiger partial charge in [0.2, 0.25) is 21.8 Å². The average Bonchev–Trinajstić information content (AvgIpc) is 2.59. The number of sulfonamides is 1. The lowest BCUT2D eigenvalue weighted by Gasteiger charge is -2.32. The van der Waals surface area contributed by atoms with E-state index >= 15 is 0 Å². The first-order chi connectivity index (χ1) is 12.2. The molecule has 8 heteroatoms. The number of piperidine rings is 1. The quantitative estimate of drug-likeness (QED) is 0.722. The summed E-state index contributed by atoms with van der Waals surface area (Å²) >= 11 is 0. The first kappa shape index (κ1) is 20.5. The summed E-state index contributed by atoms with van der Waals surface area (Å²) in [4.78, 5) is 18.3. The molecule has 0 aromatic carbocycles. The number of pyridine rings is 1. The zero-order valence-corrected chi connectivity index (χ0v) is 16.8. The summed E-state index contributed by atoms with van der Waals surface area (Å²) in [6.45, 7) is 5.66. The van der Waals surface area contributed by atoms with Crippen molar-refractivity contribution in [3.63, 3.8) is 0 Å². The van der Waals surface area contributed by atoms with Crippen LogP contribution in [0.4, 0.5) is 5.69 Å². The van der Waals surface area contributed by atoms with Gasteiger partial charge in [-0.2, -0.15) is 0 Å². The second-order valence-electron chi connectivity index (χ2n) is 7.22. The number of aromatic nitrogens is 1. The van der Waals surface area contributed by atoms with E-state index in [2.05, 4.69) is 18.8 Å². The van der Waals surface area contributed by atoms with Gasteiger partial charge in [0.25, 0.3) is 0 Å². The van der Waals surface area contributed by atoms with Crippen LogP contribution in [0.3, 0.4) is 0 Å². The Balaban J connectivity index is 1.83. The van der Waals surface area contributed by atoms with E-state index < -0.39 is 10.0 Å². The van der Waals surface area contributed by atoms with E-state index in [1.54, 1.807) is 12.1 Å². The third-order valence-corrected chi connectivity index (χ3v) is 5.81. The highest BCUT2D eigenvalue weighted by Gasteiger charge is 2.24. The fraction of sp³-hybridized carbons (Fsp3) is 0.667. The number of rotatable bonds is 7. The topological polar surface area (TPSA) is 79.8 Å². The summed E-state index contributed by atoms with van der Waals surface area (Å²) in [5.41, 5.74) is 0.491. The van der Waals surface area contributed by atoms with Crippen molar-refractivity contribution in [1.29, 1.82) is 0 Å². The molecule has 1 aliphatic heterocycles. The third-order valence-electron chi connectivity index (χ3n) is 4.60. The van der Waals surface area contributed by atoms with Gasteiger partial charge in [-0.15, -0.1) is 0 Å². The minimum absolute atomic E-state index is 0.0233. The molecule has 0 saturated carbocycles. The Morgan fingerprint density at radius 1 is 1.35 bits per heavy atom. The first-order valence-corrected chi connectivity index (χ1v) is 10.9. The highest BCUT2D eigenvalue weighted by atomic mass is 32.2. The molecule has 0 spiro atoms. The van der Waals surface area contributed by atoms with Crippen LogP contribution in [0.1, 0.15) is 39.5 Å². The lowest BCUT2D eigenvalue weighted by atomic mass is 10.0. The third kappa shape index (κ3) is 5.86. The molecule has 146 valence electrons. The van der Waals surface area contributed by atoms with Gasteiger partial charge in [-0.3, -0.25) is 9.10 Å². The number of likely N-dealkylation sites (tertiary alicyclic amines) is 1. The number of nitrogens with zero attached hydrogens (tertiary/aromatic N) is 3. The fourth-order valence-electron chi connectivity index (χ4n) is 2.78. The maximum absolute atomic E-state index is 12.2. The predicted molar refractivity (Wildman–Crippen MR) is 102 cm³/mol. The van der Waals surface area contributed by atoms with E-state index in [-0.39, 0.29) is 12.0 Å². The second kappa shape index (κ2) is 8.70. The molecule has 1 aliphatic rings. The smallest absolute Gasteiger partial charge is 0.232 e.